The lowest BCUT2D eigenvalue weighted by Gasteiger charge is -2.05. The van der Waals surface area contributed by atoms with Crippen molar-refractivity contribution >= 4 is 17.6 Å². The van der Waals surface area contributed by atoms with E-state index in [1.54, 1.807) is 0 Å². The molecule has 0 heterocycles. The predicted octanol–water partition coefficient (Wildman–Crippen LogP) is 1.79. The van der Waals surface area contributed by atoms with Crippen LogP contribution in [0.25, 0.3) is 0 Å². The van der Waals surface area contributed by atoms with E-state index in [2.05, 4.69) is 4.74 Å². The molecule has 1 aromatic rings. The molecule has 1 N–H and O–H groups in total. The van der Waals surface area contributed by atoms with Crippen LogP contribution in [0.4, 0.5) is 0 Å². The monoisotopic (exact) mass is 225 g/mol. The highest BCUT2D eigenvalue weighted by molar-refractivity contribution is 6.17. The number of phenolic OH excluding ortho intramolecular Hbond substituents is 1. The van der Waals surface area contributed by atoms with Crippen LogP contribution in [0.15, 0.2) is 12.1 Å². The fraction of sp³-hybridized carbons (Fsp3) is 0.200. The van der Waals surface area contributed by atoms with Gasteiger partial charge in [0.05, 0.1) is 18.2 Å². The third kappa shape index (κ3) is 2.20. The maximum Gasteiger partial charge on any atom is 0.337 e. The van der Waals surface area contributed by atoms with Crippen LogP contribution in [0.1, 0.15) is 21.5 Å². The summed E-state index contributed by atoms with van der Waals surface area (Å²) >= 11 is 5.59. The zero-order chi connectivity index (χ0) is 11.4. The van der Waals surface area contributed by atoms with Crippen molar-refractivity contribution in [3.05, 3.63) is 28.8 Å². The second kappa shape index (κ2) is 4.67. The van der Waals surface area contributed by atoms with Crippen molar-refractivity contribution in [3.63, 3.8) is 0 Å². The largest absolute Gasteiger partial charge is 0.507 e. The molecule has 0 unspecified atom stereocenters. The number of benzene rings is 1. The van der Waals surface area contributed by atoms with Gasteiger partial charge in [0.25, 0.3) is 0 Å². The number of carbonyl (C=O) groups is 1. The summed E-state index contributed by atoms with van der Waals surface area (Å²) in [5.74, 6) is -0.807. The van der Waals surface area contributed by atoms with Crippen molar-refractivity contribution in [2.75, 3.05) is 7.11 Å². The fourth-order valence-electron chi connectivity index (χ4n) is 1.16. The van der Waals surface area contributed by atoms with E-state index in [9.17, 15) is 9.90 Å². The van der Waals surface area contributed by atoms with Crippen molar-refractivity contribution in [1.82, 2.24) is 0 Å². The minimum Gasteiger partial charge on any atom is -0.507 e. The standard InChI is InChI=1S/C10H8ClNO3/c1-15-10(14)6-2-7(4-11)8(5-12)9(13)3-6/h2-3,13H,4H2,1H3. The fourth-order valence-corrected chi connectivity index (χ4v) is 1.37. The summed E-state index contributed by atoms with van der Waals surface area (Å²) < 4.78 is 4.49. The first-order chi connectivity index (χ1) is 7.13. The topological polar surface area (TPSA) is 70.3 Å². The number of esters is 1. The Bertz CT molecular complexity index is 437. The summed E-state index contributed by atoms with van der Waals surface area (Å²) in [7, 11) is 1.23. The molecule has 0 aromatic heterocycles. The SMILES string of the molecule is COC(=O)c1cc(O)c(C#N)c(CCl)c1. The Labute approximate surface area is 91.7 Å². The number of methoxy groups -OCH3 is 1. The van der Waals surface area contributed by atoms with E-state index in [1.165, 1.54) is 19.2 Å². The Hall–Kier alpha value is -1.73. The zero-order valence-corrected chi connectivity index (χ0v) is 8.71. The second-order valence-corrected chi connectivity index (χ2v) is 3.03. The van der Waals surface area contributed by atoms with Crippen LogP contribution in [0.3, 0.4) is 0 Å². The molecule has 0 radical (unpaired) electrons. The van der Waals surface area contributed by atoms with Gasteiger partial charge < -0.3 is 9.84 Å². The average Bonchev–Trinajstić information content (AvgIpc) is 2.26. The van der Waals surface area contributed by atoms with E-state index in [-0.39, 0.29) is 22.8 Å². The first kappa shape index (κ1) is 11.3. The van der Waals surface area contributed by atoms with E-state index < -0.39 is 5.97 Å². The highest BCUT2D eigenvalue weighted by Crippen LogP contribution is 2.24. The molecule has 0 spiro atoms. The van der Waals surface area contributed by atoms with Gasteiger partial charge in [-0.3, -0.25) is 0 Å². The molecule has 0 bridgehead atoms. The van der Waals surface area contributed by atoms with Gasteiger partial charge in [-0.2, -0.15) is 5.26 Å². The molecule has 0 atom stereocenters. The number of phenols is 1. The van der Waals surface area contributed by atoms with Crippen LogP contribution in [-0.2, 0) is 10.6 Å². The van der Waals surface area contributed by atoms with Gasteiger partial charge in [0.2, 0.25) is 0 Å². The molecule has 4 nitrogen and oxygen atoms in total. The van der Waals surface area contributed by atoms with Gasteiger partial charge in [-0.05, 0) is 17.7 Å². The van der Waals surface area contributed by atoms with Crippen molar-refractivity contribution in [2.24, 2.45) is 0 Å². The number of carbonyl (C=O) groups excluding carboxylic acids is 1. The van der Waals surface area contributed by atoms with Crippen molar-refractivity contribution < 1.29 is 14.6 Å². The lowest BCUT2D eigenvalue weighted by molar-refractivity contribution is 0.0600. The maximum absolute atomic E-state index is 11.2. The molecule has 0 aliphatic carbocycles. The summed E-state index contributed by atoms with van der Waals surface area (Å²) in [4.78, 5) is 11.2. The van der Waals surface area contributed by atoms with Gasteiger partial charge in [0, 0.05) is 5.88 Å². The quantitative estimate of drug-likeness (QED) is 0.615. The van der Waals surface area contributed by atoms with E-state index in [0.29, 0.717) is 5.56 Å². The molecule has 0 aliphatic rings. The summed E-state index contributed by atoms with van der Waals surface area (Å²) in [6, 6.07) is 4.42. The number of hydrogen-bond donors (Lipinski definition) is 1. The van der Waals surface area contributed by atoms with E-state index in [0.717, 1.165) is 0 Å². The number of ether oxygens (including phenoxy) is 1. The van der Waals surface area contributed by atoms with Crippen LogP contribution in [0, 0.1) is 11.3 Å². The third-order valence-electron chi connectivity index (χ3n) is 1.88. The van der Waals surface area contributed by atoms with Gasteiger partial charge in [-0.1, -0.05) is 0 Å². The number of aromatic hydroxyl groups is 1. The van der Waals surface area contributed by atoms with Crippen LogP contribution in [0.2, 0.25) is 0 Å². The Morgan fingerprint density at radius 2 is 2.33 bits per heavy atom. The van der Waals surface area contributed by atoms with E-state index in [4.69, 9.17) is 16.9 Å². The predicted molar refractivity (Wildman–Crippen MR) is 53.7 cm³/mol. The normalized spacial score (nSPS) is 9.40. The number of hydrogen-bond acceptors (Lipinski definition) is 4. The van der Waals surface area contributed by atoms with Crippen molar-refractivity contribution in [3.8, 4) is 11.8 Å². The Morgan fingerprint density at radius 1 is 1.67 bits per heavy atom. The molecular weight excluding hydrogens is 218 g/mol. The van der Waals surface area contributed by atoms with E-state index in [1.807, 2.05) is 6.07 Å². The maximum atomic E-state index is 11.2. The summed E-state index contributed by atoms with van der Waals surface area (Å²) in [5, 5.41) is 18.2. The van der Waals surface area contributed by atoms with Gasteiger partial charge in [-0.15, -0.1) is 11.6 Å². The summed E-state index contributed by atoms with van der Waals surface area (Å²) in [5.41, 5.74) is 0.655. The molecule has 5 heteroatoms. The Kier molecular flexibility index (Phi) is 3.53. The molecule has 1 rings (SSSR count). The molecule has 0 aliphatic heterocycles. The molecule has 78 valence electrons. The highest BCUT2D eigenvalue weighted by Gasteiger charge is 2.13. The van der Waals surface area contributed by atoms with Gasteiger partial charge in [0.1, 0.15) is 11.8 Å². The van der Waals surface area contributed by atoms with Crippen LogP contribution in [0.5, 0.6) is 5.75 Å². The zero-order valence-electron chi connectivity index (χ0n) is 7.95. The second-order valence-electron chi connectivity index (χ2n) is 2.77. The van der Waals surface area contributed by atoms with Gasteiger partial charge >= 0.3 is 5.97 Å². The van der Waals surface area contributed by atoms with Crippen molar-refractivity contribution in [1.29, 1.82) is 5.26 Å². The van der Waals surface area contributed by atoms with Gasteiger partial charge in [-0.25, -0.2) is 4.79 Å². The minimum absolute atomic E-state index is 0.0429. The van der Waals surface area contributed by atoms with Crippen LogP contribution in [-0.4, -0.2) is 18.2 Å². The first-order valence-corrected chi connectivity index (χ1v) is 4.57. The number of alkyl halides is 1. The van der Waals surface area contributed by atoms with Gasteiger partial charge in [0.15, 0.2) is 0 Å². The molecule has 0 amide bonds. The number of nitriles is 1. The van der Waals surface area contributed by atoms with Crippen LogP contribution < -0.4 is 0 Å². The smallest absolute Gasteiger partial charge is 0.337 e. The van der Waals surface area contributed by atoms with E-state index >= 15 is 0 Å². The lowest BCUT2D eigenvalue weighted by atomic mass is 10.0. The third-order valence-corrected chi connectivity index (χ3v) is 2.16. The molecule has 0 saturated heterocycles. The Morgan fingerprint density at radius 3 is 2.80 bits per heavy atom. The number of halogens is 1. The molecule has 15 heavy (non-hydrogen) atoms. The molecular formula is C10H8ClNO3. The first-order valence-electron chi connectivity index (χ1n) is 4.04. The average molecular weight is 226 g/mol. The number of nitrogens with zero attached hydrogens (tertiary/aromatic N) is 1. The van der Waals surface area contributed by atoms with Crippen LogP contribution >= 0.6 is 11.6 Å². The molecule has 1 aromatic carbocycles. The number of rotatable bonds is 2. The molecule has 0 fully saturated rings. The summed E-state index contributed by atoms with van der Waals surface area (Å²) in [6.07, 6.45) is 0. The Balaban J connectivity index is 3.33. The lowest BCUT2D eigenvalue weighted by Crippen LogP contribution is -2.02. The molecule has 0 saturated carbocycles. The van der Waals surface area contributed by atoms with Crippen molar-refractivity contribution in [2.45, 2.75) is 5.88 Å². The summed E-state index contributed by atoms with van der Waals surface area (Å²) in [6.45, 7) is 0. The highest BCUT2D eigenvalue weighted by atomic mass is 35.5. The minimum atomic E-state index is -0.582.